The lowest BCUT2D eigenvalue weighted by Crippen LogP contribution is -2.22. The molecule has 0 aromatic rings. The summed E-state index contributed by atoms with van der Waals surface area (Å²) in [6, 6.07) is 2.15. The molecule has 1 rings (SSSR count). The fourth-order valence-electron chi connectivity index (χ4n) is 1.80. The van der Waals surface area contributed by atoms with Crippen LogP contribution in [0.5, 0.6) is 0 Å². The minimum atomic E-state index is 0.328. The minimum absolute atomic E-state index is 0.328. The highest BCUT2D eigenvalue weighted by molar-refractivity contribution is 4.75. The number of hydrogen-bond donors (Lipinski definition) is 1. The summed E-state index contributed by atoms with van der Waals surface area (Å²) in [6.07, 6.45) is 3.94. The second-order valence-electron chi connectivity index (χ2n) is 3.75. The highest BCUT2D eigenvalue weighted by Crippen LogP contribution is 2.15. The SMILES string of the molecule is N#CCCCCN1CCC(CO)C1. The van der Waals surface area contributed by atoms with Crippen LogP contribution in [0.2, 0.25) is 0 Å². The maximum absolute atomic E-state index is 8.92. The first-order valence-corrected chi connectivity index (χ1v) is 5.07. The number of hydrogen-bond acceptors (Lipinski definition) is 3. The Balaban J connectivity index is 2.01. The Bertz CT molecular complexity index is 176. The summed E-state index contributed by atoms with van der Waals surface area (Å²) in [7, 11) is 0. The second kappa shape index (κ2) is 5.95. The molecule has 1 fully saturated rings. The Morgan fingerprint density at radius 1 is 1.46 bits per heavy atom. The molecule has 0 radical (unpaired) electrons. The molecule has 0 aromatic carbocycles. The molecular weight excluding hydrogens is 164 g/mol. The Morgan fingerprint density at radius 2 is 2.31 bits per heavy atom. The first kappa shape index (κ1) is 10.5. The van der Waals surface area contributed by atoms with Gasteiger partial charge in [-0.1, -0.05) is 0 Å². The summed E-state index contributed by atoms with van der Waals surface area (Å²) < 4.78 is 0. The third-order valence-corrected chi connectivity index (χ3v) is 2.64. The highest BCUT2D eigenvalue weighted by atomic mass is 16.3. The molecule has 1 aliphatic heterocycles. The zero-order valence-electron chi connectivity index (χ0n) is 8.08. The molecule has 0 spiro atoms. The van der Waals surface area contributed by atoms with Gasteiger partial charge in [-0.25, -0.2) is 0 Å². The smallest absolute Gasteiger partial charge is 0.0621 e. The first-order chi connectivity index (χ1) is 6.36. The van der Waals surface area contributed by atoms with Crippen molar-refractivity contribution in [1.29, 1.82) is 5.26 Å². The molecule has 0 amide bonds. The molecule has 0 aromatic heterocycles. The summed E-state index contributed by atoms with van der Waals surface area (Å²) in [5.74, 6) is 0.496. The quantitative estimate of drug-likeness (QED) is 0.645. The Hall–Kier alpha value is -0.590. The van der Waals surface area contributed by atoms with E-state index in [-0.39, 0.29) is 0 Å². The summed E-state index contributed by atoms with van der Waals surface area (Å²) in [5.41, 5.74) is 0. The zero-order valence-corrected chi connectivity index (χ0v) is 8.08. The van der Waals surface area contributed by atoms with Crippen molar-refractivity contribution in [3.05, 3.63) is 0 Å². The average Bonchev–Trinajstić information content (AvgIpc) is 2.60. The molecule has 13 heavy (non-hydrogen) atoms. The Morgan fingerprint density at radius 3 is 2.92 bits per heavy atom. The van der Waals surface area contributed by atoms with Crippen molar-refractivity contribution >= 4 is 0 Å². The van der Waals surface area contributed by atoms with Gasteiger partial charge in [0.25, 0.3) is 0 Å². The summed E-state index contributed by atoms with van der Waals surface area (Å²) in [6.45, 7) is 3.59. The van der Waals surface area contributed by atoms with Crippen molar-refractivity contribution in [3.63, 3.8) is 0 Å². The molecule has 1 unspecified atom stereocenters. The van der Waals surface area contributed by atoms with Gasteiger partial charge in [0.05, 0.1) is 6.07 Å². The predicted molar refractivity (Wildman–Crippen MR) is 51.1 cm³/mol. The van der Waals surface area contributed by atoms with Crippen molar-refractivity contribution in [2.45, 2.75) is 25.7 Å². The number of unbranched alkanes of at least 4 members (excludes halogenated alkanes) is 2. The molecule has 74 valence electrons. The molecule has 1 heterocycles. The normalized spacial score (nSPS) is 23.2. The predicted octanol–water partition coefficient (Wildman–Crippen LogP) is 0.994. The van der Waals surface area contributed by atoms with E-state index in [1.165, 1.54) is 0 Å². The van der Waals surface area contributed by atoms with Gasteiger partial charge < -0.3 is 10.0 Å². The van der Waals surface area contributed by atoms with Gasteiger partial charge in [-0.2, -0.15) is 5.26 Å². The van der Waals surface area contributed by atoms with Crippen LogP contribution in [-0.4, -0.2) is 36.2 Å². The average molecular weight is 182 g/mol. The van der Waals surface area contributed by atoms with Gasteiger partial charge in [0.2, 0.25) is 0 Å². The maximum Gasteiger partial charge on any atom is 0.0621 e. The molecule has 0 aliphatic carbocycles. The lowest BCUT2D eigenvalue weighted by molar-refractivity contribution is 0.221. The van der Waals surface area contributed by atoms with E-state index in [4.69, 9.17) is 10.4 Å². The van der Waals surface area contributed by atoms with Gasteiger partial charge in [-0.3, -0.25) is 0 Å². The van der Waals surface area contributed by atoms with E-state index in [2.05, 4.69) is 11.0 Å². The van der Waals surface area contributed by atoms with Gasteiger partial charge in [-0.15, -0.1) is 0 Å². The van der Waals surface area contributed by atoms with Crippen LogP contribution in [0.4, 0.5) is 0 Å². The zero-order chi connectivity index (χ0) is 9.52. The molecule has 3 nitrogen and oxygen atoms in total. The van der Waals surface area contributed by atoms with Crippen LogP contribution in [0.3, 0.4) is 0 Å². The van der Waals surface area contributed by atoms with Crippen molar-refractivity contribution < 1.29 is 5.11 Å². The van der Waals surface area contributed by atoms with E-state index in [0.29, 0.717) is 18.9 Å². The number of nitrogens with zero attached hydrogens (tertiary/aromatic N) is 2. The maximum atomic E-state index is 8.92. The molecule has 1 N–H and O–H groups in total. The summed E-state index contributed by atoms with van der Waals surface area (Å²) in [4.78, 5) is 2.39. The van der Waals surface area contributed by atoms with Crippen molar-refractivity contribution in [3.8, 4) is 6.07 Å². The standard InChI is InChI=1S/C10H18N2O/c11-5-2-1-3-6-12-7-4-10(8-12)9-13/h10,13H,1-4,6-9H2. The number of likely N-dealkylation sites (tertiary alicyclic amines) is 1. The fraction of sp³-hybridized carbons (Fsp3) is 0.900. The molecule has 1 aliphatic rings. The van der Waals surface area contributed by atoms with Crippen LogP contribution in [0.25, 0.3) is 0 Å². The van der Waals surface area contributed by atoms with Crippen molar-refractivity contribution in [2.75, 3.05) is 26.2 Å². The van der Waals surface area contributed by atoms with E-state index >= 15 is 0 Å². The molecule has 0 saturated carbocycles. The van der Waals surface area contributed by atoms with Crippen molar-refractivity contribution in [2.24, 2.45) is 5.92 Å². The topological polar surface area (TPSA) is 47.3 Å². The van der Waals surface area contributed by atoms with E-state index in [9.17, 15) is 0 Å². The van der Waals surface area contributed by atoms with Gasteiger partial charge in [0.15, 0.2) is 0 Å². The summed E-state index contributed by atoms with van der Waals surface area (Å²) >= 11 is 0. The number of aliphatic hydroxyl groups excluding tert-OH is 1. The third kappa shape index (κ3) is 3.75. The fourth-order valence-corrected chi connectivity index (χ4v) is 1.80. The molecule has 3 heteroatoms. The van der Waals surface area contributed by atoms with Crippen LogP contribution in [0, 0.1) is 17.2 Å². The second-order valence-corrected chi connectivity index (χ2v) is 3.75. The highest BCUT2D eigenvalue weighted by Gasteiger charge is 2.20. The van der Waals surface area contributed by atoms with Crippen LogP contribution in [0.15, 0.2) is 0 Å². The van der Waals surface area contributed by atoms with Crippen LogP contribution >= 0.6 is 0 Å². The van der Waals surface area contributed by atoms with Gasteiger partial charge in [-0.05, 0) is 38.3 Å². The number of nitriles is 1. The minimum Gasteiger partial charge on any atom is -0.396 e. The van der Waals surface area contributed by atoms with Crippen LogP contribution in [-0.2, 0) is 0 Å². The third-order valence-electron chi connectivity index (χ3n) is 2.64. The van der Waals surface area contributed by atoms with Crippen LogP contribution in [0.1, 0.15) is 25.7 Å². The molecule has 1 atom stereocenters. The Labute approximate surface area is 80.0 Å². The Kier molecular flexibility index (Phi) is 4.81. The van der Waals surface area contributed by atoms with E-state index in [1.807, 2.05) is 0 Å². The van der Waals surface area contributed by atoms with Crippen LogP contribution < -0.4 is 0 Å². The van der Waals surface area contributed by atoms with E-state index < -0.39 is 0 Å². The largest absolute Gasteiger partial charge is 0.396 e. The summed E-state index contributed by atoms with van der Waals surface area (Å²) in [5, 5.41) is 17.3. The van der Waals surface area contributed by atoms with Crippen molar-refractivity contribution in [1.82, 2.24) is 4.90 Å². The van der Waals surface area contributed by atoms with Gasteiger partial charge >= 0.3 is 0 Å². The molecular formula is C10H18N2O. The van der Waals surface area contributed by atoms with E-state index in [0.717, 1.165) is 38.9 Å². The van der Waals surface area contributed by atoms with Gasteiger partial charge in [0.1, 0.15) is 0 Å². The number of aliphatic hydroxyl groups is 1. The van der Waals surface area contributed by atoms with Gasteiger partial charge in [0, 0.05) is 19.6 Å². The lowest BCUT2D eigenvalue weighted by atomic mass is 10.1. The molecule has 1 saturated heterocycles. The number of rotatable bonds is 5. The van der Waals surface area contributed by atoms with E-state index in [1.54, 1.807) is 0 Å². The lowest BCUT2D eigenvalue weighted by Gasteiger charge is -2.14. The first-order valence-electron chi connectivity index (χ1n) is 5.07. The molecule has 0 bridgehead atoms. The monoisotopic (exact) mass is 182 g/mol.